The molecule has 17 heavy (non-hydrogen) atoms. The summed E-state index contributed by atoms with van der Waals surface area (Å²) in [5, 5.41) is 21.1. The summed E-state index contributed by atoms with van der Waals surface area (Å²) in [4.78, 5) is 0. The van der Waals surface area contributed by atoms with Gasteiger partial charge in [-0.3, -0.25) is 0 Å². The van der Waals surface area contributed by atoms with Gasteiger partial charge in [-0.25, -0.2) is 0 Å². The summed E-state index contributed by atoms with van der Waals surface area (Å²) in [6, 6.07) is 0. The van der Waals surface area contributed by atoms with Crippen molar-refractivity contribution in [2.75, 3.05) is 18.1 Å². The van der Waals surface area contributed by atoms with Crippen molar-refractivity contribution < 1.29 is 10.2 Å². The van der Waals surface area contributed by atoms with E-state index in [2.05, 4.69) is 0 Å². The highest BCUT2D eigenvalue weighted by atomic mass is 32.2. The van der Waals surface area contributed by atoms with Crippen molar-refractivity contribution in [2.24, 2.45) is 17.3 Å². The predicted octanol–water partition coefficient (Wildman–Crippen LogP) is 2.43. The average Bonchev–Trinajstić information content (AvgIpc) is 2.40. The van der Waals surface area contributed by atoms with Crippen molar-refractivity contribution in [3.63, 3.8) is 0 Å². The molecule has 2 N–H and O–H groups in total. The summed E-state index contributed by atoms with van der Waals surface area (Å²) < 4.78 is 0. The zero-order valence-corrected chi connectivity index (χ0v) is 11.3. The zero-order chi connectivity index (χ0) is 11.9. The van der Waals surface area contributed by atoms with Gasteiger partial charge in [0.2, 0.25) is 0 Å². The van der Waals surface area contributed by atoms with Gasteiger partial charge >= 0.3 is 0 Å². The Balaban J connectivity index is 1.90. The van der Waals surface area contributed by atoms with Crippen molar-refractivity contribution in [1.82, 2.24) is 0 Å². The van der Waals surface area contributed by atoms with Crippen LogP contribution in [-0.2, 0) is 0 Å². The molecule has 98 valence electrons. The number of aliphatic hydroxyl groups excluding tert-OH is 1. The lowest BCUT2D eigenvalue weighted by atomic mass is 9.49. The van der Waals surface area contributed by atoms with Crippen LogP contribution in [0.3, 0.4) is 0 Å². The molecular weight excluding hydrogens is 232 g/mol. The molecule has 2 nitrogen and oxygen atoms in total. The van der Waals surface area contributed by atoms with Gasteiger partial charge in [-0.2, -0.15) is 11.8 Å². The molecule has 4 aliphatic rings. The maximum atomic E-state index is 11.1. The zero-order valence-electron chi connectivity index (χ0n) is 10.5. The monoisotopic (exact) mass is 256 g/mol. The molecule has 0 aromatic heterocycles. The third-order valence-electron chi connectivity index (χ3n) is 5.81. The van der Waals surface area contributed by atoms with Crippen molar-refractivity contribution in [3.05, 3.63) is 0 Å². The van der Waals surface area contributed by atoms with Crippen molar-refractivity contribution in [3.8, 4) is 0 Å². The SMILES string of the molecule is OCC1(C2(O)CCSCC2)CC2CCC1CC2. The molecular formula is C14H24O2S. The molecule has 1 atom stereocenters. The third-order valence-corrected chi connectivity index (χ3v) is 6.80. The minimum absolute atomic E-state index is 0.158. The molecule has 0 amide bonds. The third kappa shape index (κ3) is 1.77. The maximum Gasteiger partial charge on any atom is 0.0744 e. The van der Waals surface area contributed by atoms with E-state index in [-0.39, 0.29) is 12.0 Å². The molecule has 0 aromatic carbocycles. The van der Waals surface area contributed by atoms with Gasteiger partial charge in [0, 0.05) is 5.41 Å². The summed E-state index contributed by atoms with van der Waals surface area (Å²) in [5.41, 5.74) is -0.730. The largest absolute Gasteiger partial charge is 0.396 e. The minimum atomic E-state index is -0.573. The lowest BCUT2D eigenvalue weighted by molar-refractivity contribution is -0.186. The molecule has 3 heteroatoms. The van der Waals surface area contributed by atoms with E-state index in [0.717, 1.165) is 36.7 Å². The first-order chi connectivity index (χ1) is 8.20. The Labute approximate surface area is 108 Å². The molecule has 2 bridgehead atoms. The van der Waals surface area contributed by atoms with E-state index in [0.29, 0.717) is 5.92 Å². The fourth-order valence-electron chi connectivity index (χ4n) is 4.72. The first-order valence-corrected chi connectivity index (χ1v) is 8.27. The Morgan fingerprint density at radius 3 is 2.18 bits per heavy atom. The number of fused-ring (bicyclic) bond motifs is 3. The number of thioether (sulfide) groups is 1. The van der Waals surface area contributed by atoms with Crippen LogP contribution in [0.15, 0.2) is 0 Å². The van der Waals surface area contributed by atoms with Crippen molar-refractivity contribution >= 4 is 11.8 Å². The molecule has 0 aromatic rings. The smallest absolute Gasteiger partial charge is 0.0744 e. The number of aliphatic hydroxyl groups is 2. The molecule has 1 saturated heterocycles. The van der Waals surface area contributed by atoms with Gasteiger partial charge in [0.25, 0.3) is 0 Å². The van der Waals surface area contributed by atoms with Gasteiger partial charge in [0.1, 0.15) is 0 Å². The highest BCUT2D eigenvalue weighted by Crippen LogP contribution is 2.59. The van der Waals surface area contributed by atoms with Gasteiger partial charge in [0.15, 0.2) is 0 Å². The summed E-state index contributed by atoms with van der Waals surface area (Å²) in [6.07, 6.45) is 7.99. The van der Waals surface area contributed by atoms with E-state index in [1.54, 1.807) is 0 Å². The Morgan fingerprint density at radius 1 is 1.06 bits per heavy atom. The fraction of sp³-hybridized carbons (Fsp3) is 1.00. The van der Waals surface area contributed by atoms with Crippen molar-refractivity contribution in [1.29, 1.82) is 0 Å². The Morgan fingerprint density at radius 2 is 1.71 bits per heavy atom. The van der Waals surface area contributed by atoms with Gasteiger partial charge in [-0.05, 0) is 55.4 Å². The molecule has 0 radical (unpaired) electrons. The first kappa shape index (κ1) is 12.3. The van der Waals surface area contributed by atoms with Crippen LogP contribution in [0.5, 0.6) is 0 Å². The quantitative estimate of drug-likeness (QED) is 0.797. The Hall–Kier alpha value is 0.270. The number of hydrogen-bond acceptors (Lipinski definition) is 3. The van der Waals surface area contributed by atoms with Crippen LogP contribution in [-0.4, -0.2) is 33.9 Å². The van der Waals surface area contributed by atoms with Crippen LogP contribution in [0, 0.1) is 17.3 Å². The Bertz CT molecular complexity index is 280. The van der Waals surface area contributed by atoms with Gasteiger partial charge in [-0.1, -0.05) is 12.8 Å². The van der Waals surface area contributed by atoms with Crippen LogP contribution in [0.2, 0.25) is 0 Å². The maximum absolute atomic E-state index is 11.1. The van der Waals surface area contributed by atoms with Crippen LogP contribution < -0.4 is 0 Å². The molecule has 1 aliphatic heterocycles. The molecule has 3 aliphatic carbocycles. The van der Waals surface area contributed by atoms with Gasteiger partial charge in [0.05, 0.1) is 12.2 Å². The van der Waals surface area contributed by atoms with E-state index < -0.39 is 5.60 Å². The molecule has 1 unspecified atom stereocenters. The molecule has 4 rings (SSSR count). The van der Waals surface area contributed by atoms with E-state index in [1.807, 2.05) is 11.8 Å². The summed E-state index contributed by atoms with van der Waals surface area (Å²) in [5.74, 6) is 3.47. The van der Waals surface area contributed by atoms with E-state index in [9.17, 15) is 10.2 Å². The summed E-state index contributed by atoms with van der Waals surface area (Å²) >= 11 is 1.95. The van der Waals surface area contributed by atoms with Crippen LogP contribution in [0.25, 0.3) is 0 Å². The average molecular weight is 256 g/mol. The second kappa shape index (κ2) is 4.43. The molecule has 1 heterocycles. The van der Waals surface area contributed by atoms with Gasteiger partial charge in [-0.15, -0.1) is 0 Å². The molecule has 3 saturated carbocycles. The summed E-state index contributed by atoms with van der Waals surface area (Å²) in [7, 11) is 0. The fourth-order valence-corrected chi connectivity index (χ4v) is 5.89. The number of rotatable bonds is 2. The second-order valence-corrected chi connectivity index (χ2v) is 7.60. The standard InChI is InChI=1S/C14H24O2S/c15-10-13(14(16)5-7-17-8-6-14)9-11-1-3-12(13)4-2-11/h11-12,15-16H,1-10H2. The Kier molecular flexibility index (Phi) is 3.21. The minimum Gasteiger partial charge on any atom is -0.396 e. The summed E-state index contributed by atoms with van der Waals surface area (Å²) in [6.45, 7) is 0.204. The van der Waals surface area contributed by atoms with Gasteiger partial charge < -0.3 is 10.2 Å². The first-order valence-electron chi connectivity index (χ1n) is 7.11. The van der Waals surface area contributed by atoms with E-state index >= 15 is 0 Å². The van der Waals surface area contributed by atoms with Crippen LogP contribution in [0.4, 0.5) is 0 Å². The van der Waals surface area contributed by atoms with Crippen LogP contribution >= 0.6 is 11.8 Å². The second-order valence-electron chi connectivity index (χ2n) is 6.38. The normalized spacial score (nSPS) is 44.8. The highest BCUT2D eigenvalue weighted by molar-refractivity contribution is 7.99. The predicted molar refractivity (Wildman–Crippen MR) is 71.1 cm³/mol. The van der Waals surface area contributed by atoms with E-state index in [1.165, 1.54) is 25.7 Å². The lowest BCUT2D eigenvalue weighted by Gasteiger charge is -2.59. The highest BCUT2D eigenvalue weighted by Gasteiger charge is 2.58. The topological polar surface area (TPSA) is 40.5 Å². The van der Waals surface area contributed by atoms with Crippen molar-refractivity contribution in [2.45, 2.75) is 50.5 Å². The van der Waals surface area contributed by atoms with E-state index in [4.69, 9.17) is 0 Å². The van der Waals surface area contributed by atoms with Crippen LogP contribution in [0.1, 0.15) is 44.9 Å². The lowest BCUT2D eigenvalue weighted by Crippen LogP contribution is -2.60. The molecule has 4 fully saturated rings. The number of hydrogen-bond donors (Lipinski definition) is 2. The molecule has 0 spiro atoms.